The van der Waals surface area contributed by atoms with Gasteiger partial charge in [-0.15, -0.1) is 0 Å². The van der Waals surface area contributed by atoms with Gasteiger partial charge in [0.05, 0.1) is 0 Å². The fourth-order valence-corrected chi connectivity index (χ4v) is 1.93. The van der Waals surface area contributed by atoms with Gasteiger partial charge in [0.1, 0.15) is 0 Å². The molecule has 0 aliphatic carbocycles. The van der Waals surface area contributed by atoms with Crippen LogP contribution in [0.25, 0.3) is 0 Å². The molecule has 0 bridgehead atoms. The molecule has 4 heteroatoms. The van der Waals surface area contributed by atoms with Gasteiger partial charge in [-0.25, -0.2) is 0 Å². The Morgan fingerprint density at radius 3 is 3.00 bits per heavy atom. The van der Waals surface area contributed by atoms with Crippen LogP contribution in [0.1, 0.15) is 12.8 Å². The van der Waals surface area contributed by atoms with E-state index in [2.05, 4.69) is 0 Å². The van der Waals surface area contributed by atoms with E-state index < -0.39 is 0 Å². The van der Waals surface area contributed by atoms with E-state index in [4.69, 9.17) is 5.11 Å². The molecule has 3 nitrogen and oxygen atoms in total. The Bertz CT molecular complexity index is 175. The Kier molecular flexibility index (Phi) is 4.59. The van der Waals surface area contributed by atoms with Crippen molar-refractivity contribution in [1.82, 2.24) is 4.90 Å². The van der Waals surface area contributed by atoms with E-state index in [0.29, 0.717) is 12.3 Å². The van der Waals surface area contributed by atoms with Gasteiger partial charge in [-0.1, -0.05) is 0 Å². The molecule has 0 saturated carbocycles. The molecule has 1 rings (SSSR count). The third kappa shape index (κ3) is 3.19. The van der Waals surface area contributed by atoms with Gasteiger partial charge >= 0.3 is 0 Å². The van der Waals surface area contributed by atoms with Gasteiger partial charge in [-0.3, -0.25) is 4.79 Å². The minimum absolute atomic E-state index is 0.215. The van der Waals surface area contributed by atoms with Gasteiger partial charge in [0.25, 0.3) is 0 Å². The standard InChI is InChI=1S/C9H17NO2S/c1-13-5-3-9(12)10-4-2-8(6-10)7-11/h8,11H,2-7H2,1H3. The second-order valence-electron chi connectivity index (χ2n) is 3.42. The first kappa shape index (κ1) is 10.9. The van der Waals surface area contributed by atoms with Crippen LogP contribution in [0.3, 0.4) is 0 Å². The molecule has 13 heavy (non-hydrogen) atoms. The predicted octanol–water partition coefficient (Wildman–Crippen LogP) is 0.580. The Morgan fingerprint density at radius 1 is 1.69 bits per heavy atom. The largest absolute Gasteiger partial charge is 0.396 e. The molecule has 1 heterocycles. The summed E-state index contributed by atoms with van der Waals surface area (Å²) in [6.07, 6.45) is 3.61. The number of carbonyl (C=O) groups is 1. The molecule has 0 aromatic rings. The Hall–Kier alpha value is -0.220. The number of likely N-dealkylation sites (tertiary alicyclic amines) is 1. The first-order valence-electron chi connectivity index (χ1n) is 4.65. The van der Waals surface area contributed by atoms with E-state index in [1.807, 2.05) is 11.2 Å². The molecule has 0 radical (unpaired) electrons. The van der Waals surface area contributed by atoms with Gasteiger partial charge in [-0.2, -0.15) is 11.8 Å². The Balaban J connectivity index is 2.25. The van der Waals surface area contributed by atoms with Crippen molar-refractivity contribution in [3.8, 4) is 0 Å². The highest BCUT2D eigenvalue weighted by molar-refractivity contribution is 7.98. The highest BCUT2D eigenvalue weighted by Crippen LogP contribution is 2.16. The molecule has 1 unspecified atom stereocenters. The van der Waals surface area contributed by atoms with Crippen molar-refractivity contribution < 1.29 is 9.90 Å². The van der Waals surface area contributed by atoms with Crippen molar-refractivity contribution in [3.05, 3.63) is 0 Å². The summed E-state index contributed by atoms with van der Waals surface area (Å²) in [5.41, 5.74) is 0. The van der Waals surface area contributed by atoms with E-state index in [0.717, 1.165) is 25.3 Å². The number of carbonyl (C=O) groups excluding carboxylic acids is 1. The number of rotatable bonds is 4. The van der Waals surface area contributed by atoms with Crippen LogP contribution >= 0.6 is 11.8 Å². The third-order valence-electron chi connectivity index (χ3n) is 2.42. The summed E-state index contributed by atoms with van der Waals surface area (Å²) in [5.74, 6) is 1.46. The van der Waals surface area contributed by atoms with Crippen LogP contribution in [-0.2, 0) is 4.79 Å². The lowest BCUT2D eigenvalue weighted by atomic mass is 10.1. The SMILES string of the molecule is CSCCC(=O)N1CCC(CO)C1. The van der Waals surface area contributed by atoms with Crippen LogP contribution in [-0.4, -0.2) is 47.6 Å². The summed E-state index contributed by atoms with van der Waals surface area (Å²) < 4.78 is 0. The Labute approximate surface area is 83.5 Å². The maximum absolute atomic E-state index is 11.5. The molecular weight excluding hydrogens is 186 g/mol. The average Bonchev–Trinajstić information content (AvgIpc) is 2.62. The molecule has 0 aromatic carbocycles. The number of aliphatic hydroxyl groups is 1. The van der Waals surface area contributed by atoms with Crippen LogP contribution < -0.4 is 0 Å². The molecule has 1 aliphatic heterocycles. The molecule has 1 fully saturated rings. The zero-order valence-corrected chi connectivity index (χ0v) is 8.85. The lowest BCUT2D eigenvalue weighted by molar-refractivity contribution is -0.129. The van der Waals surface area contributed by atoms with Crippen LogP contribution in [0.5, 0.6) is 0 Å². The van der Waals surface area contributed by atoms with Crippen molar-refractivity contribution in [3.63, 3.8) is 0 Å². The van der Waals surface area contributed by atoms with Crippen molar-refractivity contribution in [2.45, 2.75) is 12.8 Å². The molecule has 1 N–H and O–H groups in total. The maximum Gasteiger partial charge on any atom is 0.223 e. The second-order valence-corrected chi connectivity index (χ2v) is 4.41. The summed E-state index contributed by atoms with van der Waals surface area (Å²) >= 11 is 1.70. The van der Waals surface area contributed by atoms with Crippen molar-refractivity contribution in [2.24, 2.45) is 5.92 Å². The van der Waals surface area contributed by atoms with Gasteiger partial charge in [-0.05, 0) is 12.7 Å². The summed E-state index contributed by atoms with van der Waals surface area (Å²) in [5, 5.41) is 8.90. The third-order valence-corrected chi connectivity index (χ3v) is 3.03. The van der Waals surface area contributed by atoms with Gasteiger partial charge < -0.3 is 10.0 Å². The second kappa shape index (κ2) is 5.50. The molecule has 1 saturated heterocycles. The van der Waals surface area contributed by atoms with Crippen LogP contribution in [0, 0.1) is 5.92 Å². The molecular formula is C9H17NO2S. The number of hydrogen-bond acceptors (Lipinski definition) is 3. The lowest BCUT2D eigenvalue weighted by Gasteiger charge is -2.15. The zero-order chi connectivity index (χ0) is 9.68. The molecule has 1 aliphatic rings. The number of thioether (sulfide) groups is 1. The summed E-state index contributed by atoms with van der Waals surface area (Å²) in [6, 6.07) is 0. The van der Waals surface area contributed by atoms with Crippen molar-refractivity contribution >= 4 is 17.7 Å². The lowest BCUT2D eigenvalue weighted by Crippen LogP contribution is -2.29. The van der Waals surface area contributed by atoms with E-state index in [1.54, 1.807) is 11.8 Å². The summed E-state index contributed by atoms with van der Waals surface area (Å²) in [6.45, 7) is 1.80. The molecule has 0 spiro atoms. The fourth-order valence-electron chi connectivity index (χ4n) is 1.56. The fraction of sp³-hybridized carbons (Fsp3) is 0.889. The van der Waals surface area contributed by atoms with Crippen molar-refractivity contribution in [1.29, 1.82) is 0 Å². The van der Waals surface area contributed by atoms with Crippen LogP contribution in [0.15, 0.2) is 0 Å². The summed E-state index contributed by atoms with van der Waals surface area (Å²) in [7, 11) is 0. The first-order chi connectivity index (χ1) is 6.27. The van der Waals surface area contributed by atoms with E-state index in [1.165, 1.54) is 0 Å². The van der Waals surface area contributed by atoms with E-state index in [9.17, 15) is 4.79 Å². The molecule has 1 atom stereocenters. The van der Waals surface area contributed by atoms with E-state index in [-0.39, 0.29) is 12.5 Å². The number of hydrogen-bond donors (Lipinski definition) is 1. The predicted molar refractivity (Wildman–Crippen MR) is 54.8 cm³/mol. The van der Waals surface area contributed by atoms with E-state index >= 15 is 0 Å². The number of nitrogens with zero attached hydrogens (tertiary/aromatic N) is 1. The topological polar surface area (TPSA) is 40.5 Å². The number of aliphatic hydroxyl groups excluding tert-OH is 1. The highest BCUT2D eigenvalue weighted by Gasteiger charge is 2.24. The normalized spacial score (nSPS) is 22.3. The molecule has 0 aromatic heterocycles. The summed E-state index contributed by atoms with van der Waals surface area (Å²) in [4.78, 5) is 13.4. The minimum atomic E-state index is 0.215. The van der Waals surface area contributed by atoms with Gasteiger partial charge in [0.15, 0.2) is 0 Å². The zero-order valence-electron chi connectivity index (χ0n) is 8.03. The van der Waals surface area contributed by atoms with Gasteiger partial charge in [0, 0.05) is 37.8 Å². The molecule has 76 valence electrons. The number of amides is 1. The average molecular weight is 203 g/mol. The quantitative estimate of drug-likeness (QED) is 0.726. The van der Waals surface area contributed by atoms with Crippen LogP contribution in [0.4, 0.5) is 0 Å². The molecule has 1 amide bonds. The van der Waals surface area contributed by atoms with Crippen molar-refractivity contribution in [2.75, 3.05) is 31.7 Å². The van der Waals surface area contributed by atoms with Gasteiger partial charge in [0.2, 0.25) is 5.91 Å². The minimum Gasteiger partial charge on any atom is -0.396 e. The maximum atomic E-state index is 11.5. The smallest absolute Gasteiger partial charge is 0.223 e. The highest BCUT2D eigenvalue weighted by atomic mass is 32.2. The van der Waals surface area contributed by atoms with Crippen LogP contribution in [0.2, 0.25) is 0 Å². The monoisotopic (exact) mass is 203 g/mol. The Morgan fingerprint density at radius 2 is 2.46 bits per heavy atom. The first-order valence-corrected chi connectivity index (χ1v) is 6.05.